The van der Waals surface area contributed by atoms with Gasteiger partial charge in [-0.3, -0.25) is 5.41 Å². The van der Waals surface area contributed by atoms with E-state index in [1.165, 1.54) is 30.6 Å². The van der Waals surface area contributed by atoms with Crippen molar-refractivity contribution in [2.45, 2.75) is 45.1 Å². The van der Waals surface area contributed by atoms with Crippen LogP contribution in [-0.2, 0) is 0 Å². The van der Waals surface area contributed by atoms with Gasteiger partial charge in [-0.15, -0.1) is 11.3 Å². The van der Waals surface area contributed by atoms with Crippen LogP contribution in [0.4, 0.5) is 0 Å². The Morgan fingerprint density at radius 2 is 2.38 bits per heavy atom. The summed E-state index contributed by atoms with van der Waals surface area (Å²) in [5.74, 6) is 0.845. The Balaban J connectivity index is 2.15. The minimum Gasteiger partial charge on any atom is -0.353 e. The summed E-state index contributed by atoms with van der Waals surface area (Å²) < 4.78 is 0. The van der Waals surface area contributed by atoms with Gasteiger partial charge < -0.3 is 4.90 Å². The van der Waals surface area contributed by atoms with Gasteiger partial charge in [0, 0.05) is 17.8 Å². The van der Waals surface area contributed by atoms with Gasteiger partial charge in [0.15, 0.2) is 0 Å². The zero-order chi connectivity index (χ0) is 11.4. The highest BCUT2D eigenvalue weighted by Crippen LogP contribution is 2.31. The molecule has 1 aromatic rings. The first-order valence-corrected chi connectivity index (χ1v) is 7.08. The lowest BCUT2D eigenvalue weighted by atomic mass is 10.0. The monoisotopic (exact) mass is 236 g/mol. The number of rotatable bonds is 4. The third kappa shape index (κ3) is 2.46. The molecule has 16 heavy (non-hydrogen) atoms. The van der Waals surface area contributed by atoms with Gasteiger partial charge >= 0.3 is 0 Å². The lowest BCUT2D eigenvalue weighted by Gasteiger charge is -2.36. The first kappa shape index (κ1) is 11.6. The summed E-state index contributed by atoms with van der Waals surface area (Å²) >= 11 is 1.83. The van der Waals surface area contributed by atoms with Crippen molar-refractivity contribution in [3.8, 4) is 0 Å². The SMILES string of the molecule is CCCC(c1cccs1)N1CCCCC1=N. The molecule has 1 fully saturated rings. The number of amidine groups is 1. The van der Waals surface area contributed by atoms with E-state index in [2.05, 4.69) is 29.3 Å². The van der Waals surface area contributed by atoms with Gasteiger partial charge in [-0.1, -0.05) is 19.4 Å². The molecular weight excluding hydrogens is 216 g/mol. The predicted molar refractivity (Wildman–Crippen MR) is 70.3 cm³/mol. The molecule has 3 heteroatoms. The molecule has 0 bridgehead atoms. The molecule has 1 aliphatic rings. The second-order valence-corrected chi connectivity index (χ2v) is 5.40. The zero-order valence-corrected chi connectivity index (χ0v) is 10.7. The van der Waals surface area contributed by atoms with Gasteiger partial charge in [0.2, 0.25) is 0 Å². The van der Waals surface area contributed by atoms with Gasteiger partial charge in [0.25, 0.3) is 0 Å². The highest BCUT2D eigenvalue weighted by atomic mass is 32.1. The molecule has 2 nitrogen and oxygen atoms in total. The Labute approximate surface area is 102 Å². The Morgan fingerprint density at radius 3 is 3.00 bits per heavy atom. The van der Waals surface area contributed by atoms with E-state index in [9.17, 15) is 0 Å². The summed E-state index contributed by atoms with van der Waals surface area (Å²) in [6, 6.07) is 4.79. The summed E-state index contributed by atoms with van der Waals surface area (Å²) in [6.07, 6.45) is 5.76. The second kappa shape index (κ2) is 5.48. The van der Waals surface area contributed by atoms with Crippen LogP contribution in [0.25, 0.3) is 0 Å². The van der Waals surface area contributed by atoms with Crippen LogP contribution in [0.3, 0.4) is 0 Å². The van der Waals surface area contributed by atoms with E-state index >= 15 is 0 Å². The van der Waals surface area contributed by atoms with Crippen molar-refractivity contribution >= 4 is 17.2 Å². The molecular formula is C13H20N2S. The molecule has 0 spiro atoms. The molecule has 0 aromatic carbocycles. The maximum absolute atomic E-state index is 8.09. The van der Waals surface area contributed by atoms with Crippen molar-refractivity contribution < 1.29 is 0 Å². The number of hydrogen-bond donors (Lipinski definition) is 1. The van der Waals surface area contributed by atoms with Gasteiger partial charge in [0.1, 0.15) is 0 Å². The van der Waals surface area contributed by atoms with Crippen molar-refractivity contribution in [3.05, 3.63) is 22.4 Å². The largest absolute Gasteiger partial charge is 0.353 e. The molecule has 1 N–H and O–H groups in total. The lowest BCUT2D eigenvalue weighted by molar-refractivity contribution is 0.272. The Hall–Kier alpha value is -0.830. The Morgan fingerprint density at radius 1 is 1.50 bits per heavy atom. The molecule has 0 aliphatic carbocycles. The van der Waals surface area contributed by atoms with Crippen LogP contribution in [0, 0.1) is 5.41 Å². The molecule has 2 rings (SSSR count). The first-order valence-electron chi connectivity index (χ1n) is 6.20. The summed E-state index contributed by atoms with van der Waals surface area (Å²) in [5.41, 5.74) is 0. The molecule has 0 radical (unpaired) electrons. The zero-order valence-electron chi connectivity index (χ0n) is 9.91. The number of piperidine rings is 1. The molecule has 1 unspecified atom stereocenters. The van der Waals surface area contributed by atoms with E-state index in [0.29, 0.717) is 6.04 Å². The summed E-state index contributed by atoms with van der Waals surface area (Å²) in [7, 11) is 0. The molecule has 88 valence electrons. The van der Waals surface area contributed by atoms with Gasteiger partial charge in [-0.25, -0.2) is 0 Å². The Kier molecular flexibility index (Phi) is 3.99. The number of thiophene rings is 1. The highest BCUT2D eigenvalue weighted by molar-refractivity contribution is 7.10. The summed E-state index contributed by atoms with van der Waals surface area (Å²) in [6.45, 7) is 3.30. The second-order valence-electron chi connectivity index (χ2n) is 4.42. The molecule has 0 saturated carbocycles. The number of nitrogens with one attached hydrogen (secondary N) is 1. The Bertz CT molecular complexity index is 332. The van der Waals surface area contributed by atoms with Crippen LogP contribution in [0.2, 0.25) is 0 Å². The molecule has 1 aromatic heterocycles. The van der Waals surface area contributed by atoms with Crippen LogP contribution < -0.4 is 0 Å². The van der Waals surface area contributed by atoms with E-state index in [-0.39, 0.29) is 0 Å². The van der Waals surface area contributed by atoms with Crippen molar-refractivity contribution in [1.29, 1.82) is 5.41 Å². The minimum atomic E-state index is 0.456. The fourth-order valence-electron chi connectivity index (χ4n) is 2.40. The van der Waals surface area contributed by atoms with Gasteiger partial charge in [-0.2, -0.15) is 0 Å². The molecule has 1 aliphatic heterocycles. The molecule has 1 saturated heterocycles. The highest BCUT2D eigenvalue weighted by Gasteiger charge is 2.24. The normalized spacial score (nSPS) is 18.8. The fraction of sp³-hybridized carbons (Fsp3) is 0.615. The summed E-state index contributed by atoms with van der Waals surface area (Å²) in [5, 5.41) is 10.2. The van der Waals surface area contributed by atoms with Crippen molar-refractivity contribution in [2.75, 3.05) is 6.54 Å². The van der Waals surface area contributed by atoms with E-state index < -0.39 is 0 Å². The van der Waals surface area contributed by atoms with E-state index in [4.69, 9.17) is 5.41 Å². The lowest BCUT2D eigenvalue weighted by Crippen LogP contribution is -2.37. The van der Waals surface area contributed by atoms with Gasteiger partial charge in [-0.05, 0) is 30.7 Å². The van der Waals surface area contributed by atoms with E-state index in [1.54, 1.807) is 0 Å². The standard InChI is InChI=1S/C13H20N2S/c1-2-6-11(12-7-5-10-16-12)15-9-4-3-8-13(15)14/h5,7,10-11,14H,2-4,6,8-9H2,1H3. The molecule has 0 amide bonds. The average Bonchev–Trinajstić information content (AvgIpc) is 2.80. The average molecular weight is 236 g/mol. The quantitative estimate of drug-likeness (QED) is 0.839. The first-order chi connectivity index (χ1) is 7.83. The number of nitrogens with zero attached hydrogens (tertiary/aromatic N) is 1. The van der Waals surface area contributed by atoms with E-state index in [1.807, 2.05) is 11.3 Å². The van der Waals surface area contributed by atoms with Crippen LogP contribution in [-0.4, -0.2) is 17.3 Å². The van der Waals surface area contributed by atoms with E-state index in [0.717, 1.165) is 18.8 Å². The van der Waals surface area contributed by atoms with Crippen molar-refractivity contribution in [1.82, 2.24) is 4.90 Å². The van der Waals surface area contributed by atoms with Gasteiger partial charge in [0.05, 0.1) is 11.9 Å². The fourth-order valence-corrected chi connectivity index (χ4v) is 3.28. The number of hydrogen-bond acceptors (Lipinski definition) is 2. The smallest absolute Gasteiger partial charge is 0.0963 e. The third-order valence-electron chi connectivity index (χ3n) is 3.22. The maximum atomic E-state index is 8.09. The molecule has 1 atom stereocenters. The number of likely N-dealkylation sites (tertiary alicyclic amines) is 1. The third-order valence-corrected chi connectivity index (χ3v) is 4.19. The van der Waals surface area contributed by atoms with Crippen molar-refractivity contribution in [2.24, 2.45) is 0 Å². The maximum Gasteiger partial charge on any atom is 0.0963 e. The van der Waals surface area contributed by atoms with Crippen molar-refractivity contribution in [3.63, 3.8) is 0 Å². The van der Waals surface area contributed by atoms with Crippen LogP contribution in [0.5, 0.6) is 0 Å². The van der Waals surface area contributed by atoms with Crippen LogP contribution in [0.1, 0.15) is 49.9 Å². The predicted octanol–water partition coefficient (Wildman–Crippen LogP) is 4.05. The molecule has 2 heterocycles. The topological polar surface area (TPSA) is 27.1 Å². The minimum absolute atomic E-state index is 0.456. The van der Waals surface area contributed by atoms with Crippen LogP contribution in [0.15, 0.2) is 17.5 Å². The van der Waals surface area contributed by atoms with Crippen LogP contribution >= 0.6 is 11.3 Å². The summed E-state index contributed by atoms with van der Waals surface area (Å²) in [4.78, 5) is 3.74.